The fourth-order valence-electron chi connectivity index (χ4n) is 1.88. The molecule has 5 nitrogen and oxygen atoms in total. The molecule has 1 atom stereocenters. The lowest BCUT2D eigenvalue weighted by molar-refractivity contribution is -0.140. The molecule has 0 saturated carbocycles. The lowest BCUT2D eigenvalue weighted by atomic mass is 9.95. The summed E-state index contributed by atoms with van der Waals surface area (Å²) in [7, 11) is -3.56. The van der Waals surface area contributed by atoms with Gasteiger partial charge >= 0.3 is 5.97 Å². The minimum absolute atomic E-state index is 0.0163. The topological polar surface area (TPSA) is 88.5 Å². The predicted octanol–water partition coefficient (Wildman–Crippen LogP) is 0.748. The van der Waals surface area contributed by atoms with E-state index < -0.39 is 27.5 Å². The molecular weight excluding hydrogens is 244 g/mol. The van der Waals surface area contributed by atoms with Gasteiger partial charge in [-0.15, -0.1) is 0 Å². The molecule has 0 spiro atoms. The predicted molar refractivity (Wildman–Crippen MR) is 58.6 cm³/mol. The van der Waals surface area contributed by atoms with Gasteiger partial charge < -0.3 is 5.11 Å². The molecule has 0 radical (unpaired) electrons. The molecule has 0 amide bonds. The van der Waals surface area contributed by atoms with Crippen LogP contribution in [-0.4, -0.2) is 31.0 Å². The number of fused-ring (bicyclic) bond motifs is 1. The Labute approximate surface area is 98.0 Å². The van der Waals surface area contributed by atoms with Gasteiger partial charge in [-0.1, -0.05) is 18.2 Å². The number of hydrogen-bond donors (Lipinski definition) is 1. The minimum atomic E-state index is -3.56. The van der Waals surface area contributed by atoms with Gasteiger partial charge in [-0.2, -0.15) is 0 Å². The van der Waals surface area contributed by atoms with Gasteiger partial charge in [0, 0.05) is 5.56 Å². The first kappa shape index (κ1) is 11.8. The van der Waals surface area contributed by atoms with Crippen LogP contribution in [0, 0.1) is 5.92 Å². The van der Waals surface area contributed by atoms with Gasteiger partial charge in [0.1, 0.15) is 5.92 Å². The Kier molecular flexibility index (Phi) is 2.74. The largest absolute Gasteiger partial charge is 0.481 e. The molecule has 0 aliphatic carbocycles. The summed E-state index contributed by atoms with van der Waals surface area (Å²) in [5.74, 6) is -3.49. The fraction of sp³-hybridized carbons (Fsp3) is 0.273. The van der Waals surface area contributed by atoms with Crippen LogP contribution >= 0.6 is 0 Å². The average molecular weight is 254 g/mol. The van der Waals surface area contributed by atoms with Crippen molar-refractivity contribution in [3.8, 4) is 0 Å². The van der Waals surface area contributed by atoms with Gasteiger partial charge in [-0.3, -0.25) is 9.59 Å². The molecule has 2 rings (SSSR count). The maximum Gasteiger partial charge on any atom is 0.314 e. The first-order valence-electron chi connectivity index (χ1n) is 5.02. The number of sulfone groups is 1. The quantitative estimate of drug-likeness (QED) is 0.747. The van der Waals surface area contributed by atoms with Crippen LogP contribution in [0.2, 0.25) is 0 Å². The van der Waals surface area contributed by atoms with Gasteiger partial charge in [0.2, 0.25) is 0 Å². The maximum absolute atomic E-state index is 11.9. The van der Waals surface area contributed by atoms with Crippen molar-refractivity contribution >= 4 is 21.6 Å². The van der Waals surface area contributed by atoms with E-state index in [0.29, 0.717) is 0 Å². The Morgan fingerprint density at radius 2 is 1.94 bits per heavy atom. The fourth-order valence-corrected chi connectivity index (χ4v) is 3.43. The molecule has 1 heterocycles. The highest BCUT2D eigenvalue weighted by atomic mass is 32.2. The lowest BCUT2D eigenvalue weighted by Gasteiger charge is -2.06. The second kappa shape index (κ2) is 3.96. The number of Topliss-reactive ketones (excluding diaryl/α,β-unsaturated/α-hetero) is 1. The number of ketones is 1. The number of aliphatic carboxylic acids is 1. The third kappa shape index (κ3) is 1.95. The highest BCUT2D eigenvalue weighted by molar-refractivity contribution is 7.91. The summed E-state index contributed by atoms with van der Waals surface area (Å²) in [6.07, 6.45) is -0.175. The van der Waals surface area contributed by atoms with Crippen LogP contribution in [0.4, 0.5) is 0 Å². The molecule has 1 aromatic carbocycles. The van der Waals surface area contributed by atoms with E-state index in [1.165, 1.54) is 24.3 Å². The normalized spacial score (nSPS) is 22.6. The standard InChI is InChI=1S/C11H10O5S/c12-10-7-3-1-2-4-9(7)17(15,16)6-5-8(10)11(13)14/h1-4,8H,5-6H2,(H,13,14). The summed E-state index contributed by atoms with van der Waals surface area (Å²) in [6.45, 7) is 0. The molecule has 17 heavy (non-hydrogen) atoms. The van der Waals surface area contributed by atoms with Crippen molar-refractivity contribution in [2.75, 3.05) is 5.75 Å². The number of hydrogen-bond acceptors (Lipinski definition) is 4. The first-order valence-corrected chi connectivity index (χ1v) is 6.67. The monoisotopic (exact) mass is 254 g/mol. The number of carboxylic acids is 1. The second-order valence-electron chi connectivity index (χ2n) is 3.86. The first-order chi connectivity index (χ1) is 7.93. The van der Waals surface area contributed by atoms with Gasteiger partial charge in [-0.25, -0.2) is 8.42 Å². The molecule has 1 unspecified atom stereocenters. The van der Waals surface area contributed by atoms with Gasteiger partial charge in [0.15, 0.2) is 15.6 Å². The molecule has 6 heteroatoms. The zero-order valence-electron chi connectivity index (χ0n) is 8.79. The van der Waals surface area contributed by atoms with Gasteiger partial charge in [0.05, 0.1) is 10.6 Å². The minimum Gasteiger partial charge on any atom is -0.481 e. The SMILES string of the molecule is O=C(O)C1CCS(=O)(=O)c2ccccc2C1=O. The van der Waals surface area contributed by atoms with Crippen molar-refractivity contribution in [1.82, 2.24) is 0 Å². The van der Waals surface area contributed by atoms with Crippen molar-refractivity contribution in [1.29, 1.82) is 0 Å². The summed E-state index contributed by atoms with van der Waals surface area (Å²) in [5, 5.41) is 8.91. The lowest BCUT2D eigenvalue weighted by Crippen LogP contribution is -2.23. The van der Waals surface area contributed by atoms with E-state index in [0.717, 1.165) is 0 Å². The summed E-state index contributed by atoms with van der Waals surface area (Å²) < 4.78 is 23.7. The van der Waals surface area contributed by atoms with Gasteiger partial charge in [-0.05, 0) is 12.5 Å². The van der Waals surface area contributed by atoms with E-state index in [-0.39, 0.29) is 22.6 Å². The molecule has 0 saturated heterocycles. The third-order valence-electron chi connectivity index (χ3n) is 2.78. The van der Waals surface area contributed by atoms with Crippen LogP contribution in [0.15, 0.2) is 29.2 Å². The molecule has 1 N–H and O–H groups in total. The van der Waals surface area contributed by atoms with E-state index in [2.05, 4.69) is 0 Å². The molecule has 0 aromatic heterocycles. The zero-order valence-corrected chi connectivity index (χ0v) is 9.61. The summed E-state index contributed by atoms with van der Waals surface area (Å²) in [4.78, 5) is 22.8. The van der Waals surface area contributed by atoms with E-state index in [9.17, 15) is 18.0 Å². The molecule has 0 bridgehead atoms. The Balaban J connectivity index is 2.65. The van der Waals surface area contributed by atoms with Crippen LogP contribution in [0.3, 0.4) is 0 Å². The van der Waals surface area contributed by atoms with E-state index in [4.69, 9.17) is 5.11 Å². The van der Waals surface area contributed by atoms with Crippen LogP contribution in [0.25, 0.3) is 0 Å². The maximum atomic E-state index is 11.9. The summed E-state index contributed by atoms with van der Waals surface area (Å²) in [6, 6.07) is 5.74. The van der Waals surface area contributed by atoms with Crippen molar-refractivity contribution in [3.05, 3.63) is 29.8 Å². The Bertz CT molecular complexity index is 588. The van der Waals surface area contributed by atoms with Crippen LogP contribution in [-0.2, 0) is 14.6 Å². The van der Waals surface area contributed by atoms with Crippen molar-refractivity contribution in [2.45, 2.75) is 11.3 Å². The highest BCUT2D eigenvalue weighted by Gasteiger charge is 2.36. The van der Waals surface area contributed by atoms with Crippen LogP contribution in [0.1, 0.15) is 16.8 Å². The smallest absolute Gasteiger partial charge is 0.314 e. The molecule has 1 aliphatic heterocycles. The van der Waals surface area contributed by atoms with E-state index >= 15 is 0 Å². The number of benzene rings is 1. The number of carbonyl (C=O) groups is 2. The Morgan fingerprint density at radius 3 is 2.59 bits per heavy atom. The average Bonchev–Trinajstić information content (AvgIpc) is 2.37. The summed E-state index contributed by atoms with van der Waals surface area (Å²) in [5.41, 5.74) is -0.0163. The van der Waals surface area contributed by atoms with Crippen LogP contribution in [0.5, 0.6) is 0 Å². The zero-order chi connectivity index (χ0) is 12.6. The molecule has 1 aliphatic rings. The number of carboxylic acid groups (broad SMARTS) is 1. The second-order valence-corrected chi connectivity index (χ2v) is 5.94. The van der Waals surface area contributed by atoms with Crippen LogP contribution < -0.4 is 0 Å². The van der Waals surface area contributed by atoms with E-state index in [1.807, 2.05) is 0 Å². The number of rotatable bonds is 1. The molecule has 1 aromatic rings. The molecular formula is C11H10O5S. The third-order valence-corrected chi connectivity index (χ3v) is 4.58. The summed E-state index contributed by atoms with van der Waals surface area (Å²) >= 11 is 0. The van der Waals surface area contributed by atoms with E-state index in [1.54, 1.807) is 0 Å². The molecule has 0 fully saturated rings. The number of carbonyl (C=O) groups excluding carboxylic acids is 1. The molecule has 90 valence electrons. The Morgan fingerprint density at radius 1 is 1.29 bits per heavy atom. The Hall–Kier alpha value is -1.69. The highest BCUT2D eigenvalue weighted by Crippen LogP contribution is 2.27. The van der Waals surface area contributed by atoms with Crippen molar-refractivity contribution < 1.29 is 23.1 Å². The van der Waals surface area contributed by atoms with Crippen molar-refractivity contribution in [3.63, 3.8) is 0 Å². The van der Waals surface area contributed by atoms with Crippen molar-refractivity contribution in [2.24, 2.45) is 5.92 Å². The van der Waals surface area contributed by atoms with Gasteiger partial charge in [0.25, 0.3) is 0 Å².